The minimum atomic E-state index is -4.51. The van der Waals surface area contributed by atoms with Crippen molar-refractivity contribution in [2.24, 2.45) is 0 Å². The van der Waals surface area contributed by atoms with Crippen molar-refractivity contribution in [2.75, 3.05) is 5.32 Å². The van der Waals surface area contributed by atoms with Gasteiger partial charge in [-0.15, -0.1) is 0 Å². The van der Waals surface area contributed by atoms with E-state index in [4.69, 9.17) is 0 Å². The Morgan fingerprint density at radius 2 is 2.04 bits per heavy atom. The van der Waals surface area contributed by atoms with E-state index >= 15 is 0 Å². The van der Waals surface area contributed by atoms with Gasteiger partial charge in [-0.3, -0.25) is 14.2 Å². The van der Waals surface area contributed by atoms with Crippen molar-refractivity contribution in [3.05, 3.63) is 28.7 Å². The van der Waals surface area contributed by atoms with E-state index in [9.17, 15) is 18.0 Å². The molecule has 2 heterocycles. The summed E-state index contributed by atoms with van der Waals surface area (Å²) in [6.45, 7) is 6.53. The zero-order chi connectivity index (χ0) is 20.5. The van der Waals surface area contributed by atoms with Gasteiger partial charge in [0, 0.05) is 29.6 Å². The summed E-state index contributed by atoms with van der Waals surface area (Å²) in [4.78, 5) is 12.8. The SMILES string of the molecule is CCCCn1nc(NC(=O)[C@H](CC)n2nc(C(F)(F)F)c3c2CCC3)cc1C. The van der Waals surface area contributed by atoms with Gasteiger partial charge in [-0.05, 0) is 39.0 Å². The Bertz CT molecular complexity index is 853. The maximum atomic E-state index is 13.3. The molecule has 1 atom stereocenters. The molecule has 1 N–H and O–H groups in total. The van der Waals surface area contributed by atoms with E-state index in [-0.39, 0.29) is 5.56 Å². The standard InChI is InChI=1S/C19H26F3N5O/c1-4-6-10-26-12(3)11-16(24-26)23-18(28)14(5-2)27-15-9-7-8-13(15)17(25-27)19(20,21)22/h11,14H,4-10H2,1-3H3,(H,23,24,28)/t14-/m0/s1. The molecule has 3 rings (SSSR count). The normalized spacial score (nSPS) is 14.9. The third-order valence-electron chi connectivity index (χ3n) is 5.17. The number of nitrogens with zero attached hydrogens (tertiary/aromatic N) is 4. The van der Waals surface area contributed by atoms with Crippen LogP contribution >= 0.6 is 0 Å². The van der Waals surface area contributed by atoms with Gasteiger partial charge >= 0.3 is 6.18 Å². The molecule has 1 aliphatic carbocycles. The second-order valence-electron chi connectivity index (χ2n) is 7.23. The first kappa shape index (κ1) is 20.4. The van der Waals surface area contributed by atoms with Crippen LogP contribution in [-0.4, -0.2) is 25.5 Å². The fraction of sp³-hybridized carbons (Fsp3) is 0.632. The number of hydrogen-bond acceptors (Lipinski definition) is 3. The van der Waals surface area contributed by atoms with Crippen LogP contribution in [0.4, 0.5) is 19.0 Å². The molecular weight excluding hydrogens is 371 g/mol. The number of aromatic nitrogens is 4. The van der Waals surface area contributed by atoms with Gasteiger partial charge in [0.2, 0.25) is 5.91 Å². The lowest BCUT2D eigenvalue weighted by atomic mass is 10.1. The van der Waals surface area contributed by atoms with Crippen molar-refractivity contribution in [3.63, 3.8) is 0 Å². The molecule has 0 radical (unpaired) electrons. The van der Waals surface area contributed by atoms with Gasteiger partial charge in [0.15, 0.2) is 11.5 Å². The van der Waals surface area contributed by atoms with Crippen LogP contribution in [-0.2, 0) is 30.4 Å². The molecule has 0 fully saturated rings. The fourth-order valence-electron chi connectivity index (χ4n) is 3.73. The Morgan fingerprint density at radius 3 is 2.68 bits per heavy atom. The number of fused-ring (bicyclic) bond motifs is 1. The highest BCUT2D eigenvalue weighted by atomic mass is 19.4. The molecule has 9 heteroatoms. The summed E-state index contributed by atoms with van der Waals surface area (Å²) >= 11 is 0. The van der Waals surface area contributed by atoms with Crippen molar-refractivity contribution in [3.8, 4) is 0 Å². The zero-order valence-corrected chi connectivity index (χ0v) is 16.4. The molecule has 2 aromatic heterocycles. The summed E-state index contributed by atoms with van der Waals surface area (Å²) in [5.41, 5.74) is 0.833. The molecule has 0 aromatic carbocycles. The monoisotopic (exact) mass is 397 g/mol. The molecule has 0 bridgehead atoms. The van der Waals surface area contributed by atoms with Crippen molar-refractivity contribution < 1.29 is 18.0 Å². The van der Waals surface area contributed by atoms with E-state index in [0.717, 1.165) is 25.1 Å². The molecular formula is C19H26F3N5O. The minimum absolute atomic E-state index is 0.235. The van der Waals surface area contributed by atoms with Gasteiger partial charge in [-0.2, -0.15) is 23.4 Å². The van der Waals surface area contributed by atoms with E-state index in [1.807, 2.05) is 11.6 Å². The first-order chi connectivity index (χ1) is 13.3. The number of halogens is 3. The van der Waals surface area contributed by atoms with Gasteiger partial charge in [-0.1, -0.05) is 20.3 Å². The average Bonchev–Trinajstić information content (AvgIpc) is 3.29. The average molecular weight is 397 g/mol. The van der Waals surface area contributed by atoms with Crippen LogP contribution in [0.5, 0.6) is 0 Å². The van der Waals surface area contributed by atoms with Crippen LogP contribution in [0.25, 0.3) is 0 Å². The van der Waals surface area contributed by atoms with Gasteiger partial charge < -0.3 is 5.32 Å². The Labute approximate surface area is 162 Å². The molecule has 0 saturated carbocycles. The maximum absolute atomic E-state index is 13.3. The fourth-order valence-corrected chi connectivity index (χ4v) is 3.73. The van der Waals surface area contributed by atoms with Crippen molar-refractivity contribution >= 4 is 11.7 Å². The number of aryl methyl sites for hydroxylation is 2. The number of unbranched alkanes of at least 4 members (excludes halogenated alkanes) is 1. The number of alkyl halides is 3. The van der Waals surface area contributed by atoms with Gasteiger partial charge in [0.25, 0.3) is 0 Å². The molecule has 154 valence electrons. The van der Waals surface area contributed by atoms with E-state index in [2.05, 4.69) is 22.4 Å². The lowest BCUT2D eigenvalue weighted by Crippen LogP contribution is -2.28. The molecule has 2 aromatic rings. The molecule has 0 aliphatic heterocycles. The van der Waals surface area contributed by atoms with Crippen LogP contribution in [0.3, 0.4) is 0 Å². The highest BCUT2D eigenvalue weighted by molar-refractivity contribution is 5.92. The quantitative estimate of drug-likeness (QED) is 0.758. The summed E-state index contributed by atoms with van der Waals surface area (Å²) in [5, 5.41) is 11.0. The van der Waals surface area contributed by atoms with Crippen LogP contribution in [0.1, 0.15) is 68.2 Å². The van der Waals surface area contributed by atoms with E-state index in [1.165, 1.54) is 4.68 Å². The van der Waals surface area contributed by atoms with Crippen molar-refractivity contribution in [2.45, 2.75) is 78.1 Å². The smallest absolute Gasteiger partial charge is 0.307 e. The van der Waals surface area contributed by atoms with Crippen molar-refractivity contribution in [1.29, 1.82) is 0 Å². The Balaban J connectivity index is 1.84. The summed E-state index contributed by atoms with van der Waals surface area (Å²) < 4.78 is 43.1. The van der Waals surface area contributed by atoms with E-state index in [0.29, 0.717) is 37.2 Å². The highest BCUT2D eigenvalue weighted by Crippen LogP contribution is 2.38. The molecule has 0 saturated heterocycles. The zero-order valence-electron chi connectivity index (χ0n) is 16.4. The Hall–Kier alpha value is -2.32. The first-order valence-corrected chi connectivity index (χ1v) is 9.79. The minimum Gasteiger partial charge on any atom is -0.307 e. The van der Waals surface area contributed by atoms with Crippen molar-refractivity contribution in [1.82, 2.24) is 19.6 Å². The Kier molecular flexibility index (Phi) is 5.81. The van der Waals surface area contributed by atoms with Crippen LogP contribution in [0, 0.1) is 6.92 Å². The number of rotatable bonds is 7. The molecule has 6 nitrogen and oxygen atoms in total. The number of amides is 1. The predicted molar refractivity (Wildman–Crippen MR) is 99.1 cm³/mol. The van der Waals surface area contributed by atoms with Gasteiger partial charge in [-0.25, -0.2) is 0 Å². The summed E-state index contributed by atoms with van der Waals surface area (Å²) in [6.07, 6.45) is -0.653. The molecule has 1 aliphatic rings. The Morgan fingerprint density at radius 1 is 1.29 bits per heavy atom. The second kappa shape index (κ2) is 7.97. The van der Waals surface area contributed by atoms with Crippen LogP contribution in [0.2, 0.25) is 0 Å². The molecule has 1 amide bonds. The van der Waals surface area contributed by atoms with Crippen LogP contribution in [0.15, 0.2) is 6.07 Å². The third kappa shape index (κ3) is 3.93. The number of hydrogen-bond donors (Lipinski definition) is 1. The van der Waals surface area contributed by atoms with E-state index < -0.39 is 23.8 Å². The van der Waals surface area contributed by atoms with E-state index in [1.54, 1.807) is 13.0 Å². The lowest BCUT2D eigenvalue weighted by molar-refractivity contribution is -0.142. The lowest BCUT2D eigenvalue weighted by Gasteiger charge is -2.17. The summed E-state index contributed by atoms with van der Waals surface area (Å²) in [5.74, 6) is 0.0189. The number of anilines is 1. The third-order valence-corrected chi connectivity index (χ3v) is 5.17. The number of carbonyl (C=O) groups excluding carboxylic acids is 1. The molecule has 28 heavy (non-hydrogen) atoms. The van der Waals surface area contributed by atoms with Gasteiger partial charge in [0.1, 0.15) is 6.04 Å². The summed E-state index contributed by atoms with van der Waals surface area (Å²) in [7, 11) is 0. The number of nitrogens with one attached hydrogen (secondary N) is 1. The maximum Gasteiger partial charge on any atom is 0.435 e. The predicted octanol–water partition coefficient (Wildman–Crippen LogP) is 4.29. The largest absolute Gasteiger partial charge is 0.435 e. The van der Waals surface area contributed by atoms with Gasteiger partial charge in [0.05, 0.1) is 0 Å². The highest BCUT2D eigenvalue weighted by Gasteiger charge is 2.41. The number of carbonyl (C=O) groups is 1. The first-order valence-electron chi connectivity index (χ1n) is 9.79. The summed E-state index contributed by atoms with van der Waals surface area (Å²) in [6, 6.07) is 0.971. The second-order valence-corrected chi connectivity index (χ2v) is 7.23. The molecule has 0 unspecified atom stereocenters. The molecule has 0 spiro atoms. The van der Waals surface area contributed by atoms with Crippen LogP contribution < -0.4 is 5.32 Å². The topological polar surface area (TPSA) is 64.7 Å².